The number of aliphatic imine (C=N–C) groups is 1. The number of nitrogens with one attached hydrogen (secondary N) is 2. The number of halogens is 3. The predicted octanol–water partition coefficient (Wildman–Crippen LogP) is 4.47. The molecule has 0 atom stereocenters. The molecule has 0 aliphatic heterocycles. The van der Waals surface area contributed by atoms with E-state index in [2.05, 4.69) is 27.5 Å². The van der Waals surface area contributed by atoms with Gasteiger partial charge in [0.05, 0.1) is 22.3 Å². The molecule has 0 aliphatic carbocycles. The molecule has 0 saturated heterocycles. The van der Waals surface area contributed by atoms with Crippen molar-refractivity contribution in [3.05, 3.63) is 50.2 Å². The molecule has 0 unspecified atom stereocenters. The maximum atomic E-state index is 13.2. The second-order valence-electron chi connectivity index (χ2n) is 5.37. The summed E-state index contributed by atoms with van der Waals surface area (Å²) in [4.78, 5) is 10.3. The number of rotatable bonds is 6. The number of guanidine groups is 1. The normalized spacial score (nSPS) is 11.2. The molecular weight excluding hydrogens is 474 g/mol. The SMILES string of the molecule is CCNC(=NCc1ccc(F)c(Cl)c1)NCCc1nc(C)c(C)s1.I. The highest BCUT2D eigenvalue weighted by molar-refractivity contribution is 14.0. The van der Waals surface area contributed by atoms with E-state index in [-0.39, 0.29) is 29.0 Å². The third kappa shape index (κ3) is 7.07. The number of aryl methyl sites for hydroxylation is 2. The molecule has 1 aromatic carbocycles. The minimum Gasteiger partial charge on any atom is -0.357 e. The van der Waals surface area contributed by atoms with Gasteiger partial charge in [0.1, 0.15) is 5.82 Å². The highest BCUT2D eigenvalue weighted by atomic mass is 127. The van der Waals surface area contributed by atoms with Crippen molar-refractivity contribution in [1.29, 1.82) is 0 Å². The van der Waals surface area contributed by atoms with Gasteiger partial charge < -0.3 is 10.6 Å². The molecule has 2 rings (SSSR count). The predicted molar refractivity (Wildman–Crippen MR) is 115 cm³/mol. The fraction of sp³-hybridized carbons (Fsp3) is 0.412. The third-order valence-electron chi connectivity index (χ3n) is 3.45. The summed E-state index contributed by atoms with van der Waals surface area (Å²) >= 11 is 7.53. The van der Waals surface area contributed by atoms with Gasteiger partial charge in [0, 0.05) is 24.4 Å². The Labute approximate surface area is 174 Å². The second kappa shape index (κ2) is 10.9. The fourth-order valence-corrected chi connectivity index (χ4v) is 3.22. The molecule has 138 valence electrons. The van der Waals surface area contributed by atoms with Crippen LogP contribution in [0.2, 0.25) is 5.02 Å². The van der Waals surface area contributed by atoms with Crippen LogP contribution in [0.5, 0.6) is 0 Å². The summed E-state index contributed by atoms with van der Waals surface area (Å²) in [6.45, 7) is 8.09. The van der Waals surface area contributed by atoms with Gasteiger partial charge in [0.15, 0.2) is 5.96 Å². The summed E-state index contributed by atoms with van der Waals surface area (Å²) in [5, 5.41) is 7.73. The van der Waals surface area contributed by atoms with E-state index in [0.717, 1.165) is 41.7 Å². The number of benzene rings is 1. The summed E-state index contributed by atoms with van der Waals surface area (Å²) < 4.78 is 13.2. The lowest BCUT2D eigenvalue weighted by Gasteiger charge is -2.10. The van der Waals surface area contributed by atoms with Crippen molar-refractivity contribution in [2.45, 2.75) is 33.7 Å². The van der Waals surface area contributed by atoms with E-state index in [4.69, 9.17) is 11.6 Å². The van der Waals surface area contributed by atoms with Gasteiger partial charge in [-0.2, -0.15) is 0 Å². The van der Waals surface area contributed by atoms with Gasteiger partial charge in [-0.1, -0.05) is 17.7 Å². The second-order valence-corrected chi connectivity index (χ2v) is 7.06. The zero-order valence-corrected chi connectivity index (χ0v) is 18.4. The Balaban J connectivity index is 0.00000312. The average molecular weight is 497 g/mol. The van der Waals surface area contributed by atoms with Crippen LogP contribution in [-0.4, -0.2) is 24.0 Å². The number of hydrogen-bond donors (Lipinski definition) is 2. The van der Waals surface area contributed by atoms with Gasteiger partial charge in [-0.15, -0.1) is 35.3 Å². The maximum Gasteiger partial charge on any atom is 0.191 e. The summed E-state index contributed by atoms with van der Waals surface area (Å²) in [5.41, 5.74) is 1.97. The lowest BCUT2D eigenvalue weighted by molar-refractivity contribution is 0.627. The highest BCUT2D eigenvalue weighted by Gasteiger charge is 2.05. The zero-order chi connectivity index (χ0) is 17.5. The first kappa shape index (κ1) is 22.1. The van der Waals surface area contributed by atoms with Crippen molar-refractivity contribution in [2.75, 3.05) is 13.1 Å². The lowest BCUT2D eigenvalue weighted by atomic mass is 10.2. The zero-order valence-electron chi connectivity index (χ0n) is 14.5. The molecule has 0 amide bonds. The molecule has 2 N–H and O–H groups in total. The Morgan fingerprint density at radius 3 is 2.68 bits per heavy atom. The van der Waals surface area contributed by atoms with E-state index in [1.165, 1.54) is 10.9 Å². The van der Waals surface area contributed by atoms with E-state index < -0.39 is 5.82 Å². The van der Waals surface area contributed by atoms with Gasteiger partial charge >= 0.3 is 0 Å². The molecular formula is C17H23ClFIN4S. The van der Waals surface area contributed by atoms with Crippen LogP contribution in [0, 0.1) is 19.7 Å². The molecule has 25 heavy (non-hydrogen) atoms. The maximum absolute atomic E-state index is 13.2. The van der Waals surface area contributed by atoms with E-state index in [0.29, 0.717) is 6.54 Å². The summed E-state index contributed by atoms with van der Waals surface area (Å²) in [5.74, 6) is 0.311. The number of aromatic nitrogens is 1. The molecule has 1 aromatic heterocycles. The Bertz CT molecular complexity index is 701. The topological polar surface area (TPSA) is 49.3 Å². The Morgan fingerprint density at radius 1 is 1.32 bits per heavy atom. The van der Waals surface area contributed by atoms with Crippen molar-refractivity contribution in [3.8, 4) is 0 Å². The molecule has 0 fully saturated rings. The molecule has 0 aliphatic rings. The van der Waals surface area contributed by atoms with Crippen LogP contribution in [0.1, 0.15) is 28.1 Å². The number of thiazole rings is 1. The van der Waals surface area contributed by atoms with Crippen LogP contribution < -0.4 is 10.6 Å². The molecule has 8 heteroatoms. The van der Waals surface area contributed by atoms with E-state index in [9.17, 15) is 4.39 Å². The van der Waals surface area contributed by atoms with E-state index in [1.54, 1.807) is 23.5 Å². The smallest absolute Gasteiger partial charge is 0.191 e. The molecule has 0 spiro atoms. The molecule has 0 saturated carbocycles. The largest absolute Gasteiger partial charge is 0.357 e. The molecule has 2 aromatic rings. The average Bonchev–Trinajstić information content (AvgIpc) is 2.86. The molecule has 1 heterocycles. The third-order valence-corrected chi connectivity index (χ3v) is 4.87. The summed E-state index contributed by atoms with van der Waals surface area (Å²) in [6, 6.07) is 4.65. The van der Waals surface area contributed by atoms with Crippen LogP contribution in [0.15, 0.2) is 23.2 Å². The molecule has 4 nitrogen and oxygen atoms in total. The van der Waals surface area contributed by atoms with Crippen LogP contribution in [0.25, 0.3) is 0 Å². The standard InChI is InChI=1S/C17H22ClFN4S.HI/c1-4-20-17(21-8-7-16-23-11(2)12(3)24-16)22-10-13-5-6-15(19)14(18)9-13;/h5-6,9H,4,7-8,10H2,1-3H3,(H2,20,21,22);1H. The fourth-order valence-electron chi connectivity index (χ4n) is 2.08. The van der Waals surface area contributed by atoms with Gasteiger partial charge in [0.2, 0.25) is 0 Å². The van der Waals surface area contributed by atoms with Crippen LogP contribution in [0.4, 0.5) is 4.39 Å². The Kier molecular flexibility index (Phi) is 9.66. The van der Waals surface area contributed by atoms with Gasteiger partial charge in [0.25, 0.3) is 0 Å². The summed E-state index contributed by atoms with van der Waals surface area (Å²) in [6.07, 6.45) is 0.853. The minimum atomic E-state index is -0.413. The van der Waals surface area contributed by atoms with Crippen molar-refractivity contribution < 1.29 is 4.39 Å². The minimum absolute atomic E-state index is 0. The number of nitrogens with zero attached hydrogens (tertiary/aromatic N) is 2. The van der Waals surface area contributed by atoms with Crippen LogP contribution in [0.3, 0.4) is 0 Å². The lowest BCUT2D eigenvalue weighted by Crippen LogP contribution is -2.38. The van der Waals surface area contributed by atoms with Crippen molar-refractivity contribution >= 4 is 52.9 Å². The van der Waals surface area contributed by atoms with Gasteiger partial charge in [-0.05, 0) is 38.5 Å². The molecule has 0 bridgehead atoms. The van der Waals surface area contributed by atoms with E-state index >= 15 is 0 Å². The first-order valence-corrected chi connectivity index (χ1v) is 9.08. The Hall–Kier alpha value is -0.930. The monoisotopic (exact) mass is 496 g/mol. The van der Waals surface area contributed by atoms with Crippen molar-refractivity contribution in [3.63, 3.8) is 0 Å². The van der Waals surface area contributed by atoms with Crippen LogP contribution in [-0.2, 0) is 13.0 Å². The summed E-state index contributed by atoms with van der Waals surface area (Å²) in [7, 11) is 0. The van der Waals surface area contributed by atoms with Crippen molar-refractivity contribution in [2.24, 2.45) is 4.99 Å². The van der Waals surface area contributed by atoms with Gasteiger partial charge in [-0.3, -0.25) is 0 Å². The Morgan fingerprint density at radius 2 is 2.08 bits per heavy atom. The van der Waals surface area contributed by atoms with E-state index in [1.807, 2.05) is 13.8 Å². The van der Waals surface area contributed by atoms with Crippen molar-refractivity contribution in [1.82, 2.24) is 15.6 Å². The first-order chi connectivity index (χ1) is 11.5. The van der Waals surface area contributed by atoms with Crippen LogP contribution >= 0.6 is 46.9 Å². The number of hydrogen-bond acceptors (Lipinski definition) is 3. The highest BCUT2D eigenvalue weighted by Crippen LogP contribution is 2.17. The molecule has 0 radical (unpaired) electrons. The van der Waals surface area contributed by atoms with Gasteiger partial charge in [-0.25, -0.2) is 14.4 Å². The quantitative estimate of drug-likeness (QED) is 0.352. The first-order valence-electron chi connectivity index (χ1n) is 7.88.